The molecule has 1 saturated heterocycles. The van der Waals surface area contributed by atoms with Gasteiger partial charge in [-0.25, -0.2) is 4.79 Å². The van der Waals surface area contributed by atoms with Crippen molar-refractivity contribution >= 4 is 28.7 Å². The van der Waals surface area contributed by atoms with Crippen LogP contribution in [0.3, 0.4) is 0 Å². The van der Waals surface area contributed by atoms with E-state index in [0.29, 0.717) is 29.4 Å². The van der Waals surface area contributed by atoms with Crippen LogP contribution in [-0.2, 0) is 22.6 Å². The number of rotatable bonds is 9. The number of amides is 2. The average Bonchev–Trinajstić information content (AvgIpc) is 3.36. The first-order valence-electron chi connectivity index (χ1n) is 11.1. The number of aryl methyl sites for hydroxylation is 1. The molecule has 2 amide bonds. The van der Waals surface area contributed by atoms with E-state index < -0.39 is 11.1 Å². The summed E-state index contributed by atoms with van der Waals surface area (Å²) >= 11 is 1.00. The number of benzene rings is 2. The molecule has 3 aromatic rings. The van der Waals surface area contributed by atoms with Gasteiger partial charge in [0, 0.05) is 11.5 Å². The topological polar surface area (TPSA) is 108 Å². The molecule has 2 aromatic carbocycles. The molecule has 2 heterocycles. The van der Waals surface area contributed by atoms with Gasteiger partial charge in [0.15, 0.2) is 17.3 Å². The van der Waals surface area contributed by atoms with Crippen LogP contribution < -0.4 is 15.9 Å². The zero-order chi connectivity index (χ0) is 24.9. The van der Waals surface area contributed by atoms with Gasteiger partial charge in [-0.2, -0.15) is 0 Å². The zero-order valence-electron chi connectivity index (χ0n) is 19.5. The normalized spacial score (nSPS) is 16.0. The van der Waals surface area contributed by atoms with E-state index in [2.05, 4.69) is 5.32 Å². The van der Waals surface area contributed by atoms with E-state index in [1.165, 1.54) is 6.26 Å². The van der Waals surface area contributed by atoms with Crippen LogP contribution in [0, 0.1) is 6.92 Å². The number of carbonyl (C=O) groups excluding carboxylic acids is 2. The third-order valence-electron chi connectivity index (χ3n) is 5.31. The Bertz CT molecular complexity index is 1290. The number of thioether (sulfide) groups is 1. The highest BCUT2D eigenvalue weighted by atomic mass is 32.2. The van der Waals surface area contributed by atoms with Crippen molar-refractivity contribution in [3.05, 3.63) is 93.6 Å². The van der Waals surface area contributed by atoms with Crippen LogP contribution >= 0.6 is 11.8 Å². The van der Waals surface area contributed by atoms with E-state index in [1.807, 2.05) is 57.2 Å². The minimum absolute atomic E-state index is 0.00109. The fraction of sp³-hybridized carbons (Fsp3) is 0.269. The maximum Gasteiger partial charge on any atom is 0.519 e. The highest BCUT2D eigenvalue weighted by Gasteiger charge is 2.31. The molecule has 182 valence electrons. The molecule has 1 N–H and O–H groups in total. The van der Waals surface area contributed by atoms with Crippen LogP contribution in [0.15, 0.2) is 68.4 Å². The van der Waals surface area contributed by atoms with E-state index in [9.17, 15) is 14.4 Å². The molecule has 4 rings (SSSR count). The fourth-order valence-corrected chi connectivity index (χ4v) is 4.33. The summed E-state index contributed by atoms with van der Waals surface area (Å²) in [5.74, 6) is 0.739. The lowest BCUT2D eigenvalue weighted by atomic mass is 10.1. The van der Waals surface area contributed by atoms with E-state index >= 15 is 0 Å². The number of ether oxygens (including phenoxy) is 2. The van der Waals surface area contributed by atoms with Crippen molar-refractivity contribution < 1.29 is 27.9 Å². The lowest BCUT2D eigenvalue weighted by Crippen LogP contribution is -2.25. The lowest BCUT2D eigenvalue weighted by molar-refractivity contribution is -0.118. The van der Waals surface area contributed by atoms with Gasteiger partial charge in [0.1, 0.15) is 18.6 Å². The average molecular weight is 496 g/mol. The summed E-state index contributed by atoms with van der Waals surface area (Å²) in [6, 6.07) is 15.0. The Morgan fingerprint density at radius 1 is 1.06 bits per heavy atom. The monoisotopic (exact) mass is 495 g/mol. The molecule has 1 aliphatic heterocycles. The van der Waals surface area contributed by atoms with Crippen molar-refractivity contribution in [1.82, 2.24) is 5.32 Å². The van der Waals surface area contributed by atoms with Crippen molar-refractivity contribution in [3.63, 3.8) is 0 Å². The van der Waals surface area contributed by atoms with Crippen LogP contribution in [0.2, 0.25) is 0 Å². The summed E-state index contributed by atoms with van der Waals surface area (Å²) in [7, 11) is 0. The molecule has 0 aliphatic carbocycles. The largest absolute Gasteiger partial charge is 0.519 e. The van der Waals surface area contributed by atoms with Crippen molar-refractivity contribution in [3.8, 4) is 5.75 Å². The van der Waals surface area contributed by atoms with Gasteiger partial charge in [-0.05, 0) is 31.0 Å². The molecule has 35 heavy (non-hydrogen) atoms. The van der Waals surface area contributed by atoms with Crippen molar-refractivity contribution in [2.75, 3.05) is 0 Å². The second-order valence-corrected chi connectivity index (χ2v) is 9.56. The van der Waals surface area contributed by atoms with Gasteiger partial charge >= 0.3 is 5.82 Å². The van der Waals surface area contributed by atoms with E-state index in [4.69, 9.17) is 18.3 Å². The number of imide groups is 1. The number of nitrogens with one attached hydrogen (secondary N) is 1. The third kappa shape index (κ3) is 6.24. The molecular formula is C26H25NO7S. The second-order valence-electron chi connectivity index (χ2n) is 8.38. The minimum atomic E-state index is -0.762. The van der Waals surface area contributed by atoms with Gasteiger partial charge in [-0.1, -0.05) is 67.6 Å². The molecule has 0 saturated carbocycles. The molecule has 1 aliphatic rings. The Morgan fingerprint density at radius 3 is 2.40 bits per heavy atom. The summed E-state index contributed by atoms with van der Waals surface area (Å²) in [6.07, 6.45) is 1.94. The molecule has 1 atom stereocenters. The van der Waals surface area contributed by atoms with Gasteiger partial charge < -0.3 is 18.3 Å². The molecule has 0 spiro atoms. The van der Waals surface area contributed by atoms with Crippen LogP contribution in [-0.4, -0.2) is 16.4 Å². The highest BCUT2D eigenvalue weighted by molar-refractivity contribution is 8.15. The van der Waals surface area contributed by atoms with E-state index in [1.54, 1.807) is 12.1 Å². The molecule has 0 radical (unpaired) electrons. The minimum Gasteiger partial charge on any atom is -0.482 e. The summed E-state index contributed by atoms with van der Waals surface area (Å²) in [5.41, 5.74) is 2.80. The fourth-order valence-electron chi connectivity index (χ4n) is 3.47. The molecule has 9 heteroatoms. The molecule has 8 nitrogen and oxygen atoms in total. The van der Waals surface area contributed by atoms with Gasteiger partial charge in [0.25, 0.3) is 5.24 Å². The quantitative estimate of drug-likeness (QED) is 0.406. The van der Waals surface area contributed by atoms with Gasteiger partial charge in [-0.15, -0.1) is 0 Å². The van der Waals surface area contributed by atoms with Crippen LogP contribution in [0.4, 0.5) is 4.79 Å². The Balaban J connectivity index is 1.48. The SMILES string of the molecule is Cc1ccc(/C(=C/Oc2ccc(CC3SC(=O)NC3=O)cc2)OCc2oc(=O)oc2C(C)C)cc1. The van der Waals surface area contributed by atoms with E-state index in [0.717, 1.165) is 28.5 Å². The number of hydrogen-bond acceptors (Lipinski definition) is 8. The molecule has 1 fully saturated rings. The third-order valence-corrected chi connectivity index (χ3v) is 6.29. The van der Waals surface area contributed by atoms with Crippen LogP contribution in [0.1, 0.15) is 48.0 Å². The molecule has 1 unspecified atom stereocenters. The number of hydrogen-bond donors (Lipinski definition) is 1. The molecular weight excluding hydrogens is 470 g/mol. The van der Waals surface area contributed by atoms with Gasteiger partial charge in [0.05, 0.1) is 5.25 Å². The maximum absolute atomic E-state index is 11.8. The Morgan fingerprint density at radius 2 is 1.77 bits per heavy atom. The van der Waals surface area contributed by atoms with Crippen LogP contribution in [0.5, 0.6) is 5.75 Å². The van der Waals surface area contributed by atoms with Crippen molar-refractivity contribution in [2.45, 2.75) is 45.0 Å². The summed E-state index contributed by atoms with van der Waals surface area (Å²) in [5, 5.41) is 1.56. The van der Waals surface area contributed by atoms with Crippen molar-refractivity contribution in [2.24, 2.45) is 0 Å². The van der Waals surface area contributed by atoms with E-state index in [-0.39, 0.29) is 23.7 Å². The van der Waals surface area contributed by atoms with Gasteiger partial charge in [0.2, 0.25) is 5.91 Å². The standard InChI is InChI=1S/C26H25NO7S/c1-15(2)23-21(33-26(30)34-23)14-32-20(18-8-4-16(3)5-9-18)13-31-19-10-6-17(7-11-19)12-22-24(28)27-25(29)35-22/h4-11,13,15,22H,12,14H2,1-3H3,(H,27,28,29)/b20-13-. The summed E-state index contributed by atoms with van der Waals surface area (Å²) in [4.78, 5) is 34.7. The maximum atomic E-state index is 11.8. The summed E-state index contributed by atoms with van der Waals surface area (Å²) < 4.78 is 22.1. The Hall–Kier alpha value is -3.72. The smallest absolute Gasteiger partial charge is 0.482 e. The highest BCUT2D eigenvalue weighted by Crippen LogP contribution is 2.26. The zero-order valence-corrected chi connectivity index (χ0v) is 20.3. The number of carbonyl (C=O) groups is 2. The van der Waals surface area contributed by atoms with Gasteiger partial charge in [-0.3, -0.25) is 14.9 Å². The first-order chi connectivity index (χ1) is 16.8. The molecule has 0 bridgehead atoms. The predicted molar refractivity (Wildman–Crippen MR) is 131 cm³/mol. The first kappa shape index (κ1) is 24.4. The first-order valence-corrected chi connectivity index (χ1v) is 12.0. The summed E-state index contributed by atoms with van der Waals surface area (Å²) in [6.45, 7) is 5.79. The lowest BCUT2D eigenvalue weighted by Gasteiger charge is -2.12. The van der Waals surface area contributed by atoms with Crippen LogP contribution in [0.25, 0.3) is 5.76 Å². The Labute approximate surface area is 206 Å². The van der Waals surface area contributed by atoms with Crippen molar-refractivity contribution in [1.29, 1.82) is 0 Å². The molecule has 1 aromatic heterocycles. The predicted octanol–water partition coefficient (Wildman–Crippen LogP) is 5.15. The Kier molecular flexibility index (Phi) is 7.45. The second kappa shape index (κ2) is 10.7.